The van der Waals surface area contributed by atoms with Gasteiger partial charge < -0.3 is 20.5 Å². The van der Waals surface area contributed by atoms with Crippen LogP contribution in [0.4, 0.5) is 5.69 Å². The van der Waals surface area contributed by atoms with E-state index in [0.717, 1.165) is 24.5 Å². The molecule has 3 N–H and O–H groups in total. The molecular formula is C17H25N3O2. The van der Waals surface area contributed by atoms with Gasteiger partial charge in [-0.15, -0.1) is 0 Å². The van der Waals surface area contributed by atoms with Crippen molar-refractivity contribution in [3.8, 4) is 5.75 Å². The number of benzene rings is 1. The van der Waals surface area contributed by atoms with Gasteiger partial charge in [0.2, 0.25) is 0 Å². The third-order valence-corrected chi connectivity index (χ3v) is 4.91. The van der Waals surface area contributed by atoms with Gasteiger partial charge in [-0.2, -0.15) is 0 Å². The number of hydrogen-bond donors (Lipinski definition) is 2. The molecule has 1 saturated heterocycles. The van der Waals surface area contributed by atoms with Crippen molar-refractivity contribution in [2.75, 3.05) is 19.0 Å². The number of rotatable bonds is 3. The number of nitrogens with two attached hydrogens (primary N) is 1. The first-order valence-corrected chi connectivity index (χ1v) is 7.88. The third-order valence-electron chi connectivity index (χ3n) is 4.91. The lowest BCUT2D eigenvalue weighted by molar-refractivity contribution is -0.182. The molecule has 0 aromatic heterocycles. The van der Waals surface area contributed by atoms with Crippen LogP contribution in [-0.2, 0) is 4.74 Å². The lowest BCUT2D eigenvalue weighted by atomic mass is 9.55. The van der Waals surface area contributed by atoms with Crippen LogP contribution in [0.25, 0.3) is 0 Å². The molecular weight excluding hydrogens is 278 g/mol. The van der Waals surface area contributed by atoms with E-state index in [1.165, 1.54) is 6.42 Å². The Kier molecular flexibility index (Phi) is 4.00. The minimum absolute atomic E-state index is 0.0529. The van der Waals surface area contributed by atoms with Crippen molar-refractivity contribution < 1.29 is 9.47 Å². The number of fused-ring (bicyclic) bond motifs is 1. The Labute approximate surface area is 131 Å². The van der Waals surface area contributed by atoms with Crippen LogP contribution in [0.2, 0.25) is 0 Å². The van der Waals surface area contributed by atoms with Gasteiger partial charge in [0.25, 0.3) is 0 Å². The minimum Gasteiger partial charge on any atom is -0.497 e. The molecule has 3 unspecified atom stereocenters. The Balaban J connectivity index is 1.68. The summed E-state index contributed by atoms with van der Waals surface area (Å²) >= 11 is 0. The molecule has 2 fully saturated rings. The summed E-state index contributed by atoms with van der Waals surface area (Å²) in [7, 11) is 1.65. The topological polar surface area (TPSA) is 68.9 Å². The fourth-order valence-corrected chi connectivity index (χ4v) is 3.76. The molecule has 22 heavy (non-hydrogen) atoms. The van der Waals surface area contributed by atoms with E-state index in [2.05, 4.69) is 19.2 Å². The van der Waals surface area contributed by atoms with Crippen molar-refractivity contribution in [2.45, 2.75) is 38.8 Å². The fourth-order valence-electron chi connectivity index (χ4n) is 3.76. The minimum atomic E-state index is 0.0529. The molecule has 1 heterocycles. The van der Waals surface area contributed by atoms with Crippen LogP contribution in [0.15, 0.2) is 29.3 Å². The lowest BCUT2D eigenvalue weighted by Crippen LogP contribution is -2.64. The van der Waals surface area contributed by atoms with Crippen LogP contribution in [0.3, 0.4) is 0 Å². The van der Waals surface area contributed by atoms with Gasteiger partial charge in [0.1, 0.15) is 5.75 Å². The largest absolute Gasteiger partial charge is 0.497 e. The van der Waals surface area contributed by atoms with Crippen LogP contribution in [0.5, 0.6) is 5.75 Å². The van der Waals surface area contributed by atoms with Crippen LogP contribution in [-0.4, -0.2) is 31.8 Å². The van der Waals surface area contributed by atoms with Gasteiger partial charge in [-0.1, -0.05) is 13.8 Å². The molecule has 120 valence electrons. The van der Waals surface area contributed by atoms with Crippen molar-refractivity contribution in [1.29, 1.82) is 0 Å². The molecule has 1 aliphatic heterocycles. The maximum Gasteiger partial charge on any atom is 0.193 e. The van der Waals surface area contributed by atoms with Crippen molar-refractivity contribution >= 4 is 11.6 Å². The quantitative estimate of drug-likeness (QED) is 0.665. The van der Waals surface area contributed by atoms with E-state index < -0.39 is 0 Å². The first kappa shape index (κ1) is 15.2. The van der Waals surface area contributed by atoms with Gasteiger partial charge in [-0.05, 0) is 37.1 Å². The highest BCUT2D eigenvalue weighted by Crippen LogP contribution is 2.53. The SMILES string of the molecule is COc1ccc(NC(N)=NC2C3CCCOC3C2(C)C)cc1. The number of aliphatic imine (C=N–C) groups is 1. The summed E-state index contributed by atoms with van der Waals surface area (Å²) in [4.78, 5) is 4.73. The number of anilines is 1. The Hall–Kier alpha value is -1.75. The number of guanidine groups is 1. The molecule has 3 rings (SSSR count). The number of nitrogens with one attached hydrogen (secondary N) is 1. The van der Waals surface area contributed by atoms with Crippen LogP contribution < -0.4 is 15.8 Å². The molecule has 1 aliphatic carbocycles. The molecule has 2 aliphatic rings. The fraction of sp³-hybridized carbons (Fsp3) is 0.588. The van der Waals surface area contributed by atoms with Crippen LogP contribution in [0, 0.1) is 11.3 Å². The van der Waals surface area contributed by atoms with Crippen molar-refractivity contribution in [3.05, 3.63) is 24.3 Å². The van der Waals surface area contributed by atoms with Crippen LogP contribution in [0.1, 0.15) is 26.7 Å². The smallest absolute Gasteiger partial charge is 0.193 e. The number of methoxy groups -OCH3 is 1. The normalized spacial score (nSPS) is 30.1. The summed E-state index contributed by atoms with van der Waals surface area (Å²) < 4.78 is 11.1. The highest BCUT2D eigenvalue weighted by molar-refractivity contribution is 5.92. The average molecular weight is 303 g/mol. The predicted octanol–water partition coefficient (Wildman–Crippen LogP) is 2.63. The van der Waals surface area contributed by atoms with E-state index in [-0.39, 0.29) is 11.5 Å². The number of ether oxygens (including phenoxy) is 2. The zero-order valence-corrected chi connectivity index (χ0v) is 13.5. The molecule has 3 atom stereocenters. The maximum atomic E-state index is 6.10. The summed E-state index contributed by atoms with van der Waals surface area (Å²) in [6.07, 6.45) is 2.62. The molecule has 0 radical (unpaired) electrons. The summed E-state index contributed by atoms with van der Waals surface area (Å²) in [6.45, 7) is 5.31. The summed E-state index contributed by atoms with van der Waals surface area (Å²) in [5, 5.41) is 3.16. The lowest BCUT2D eigenvalue weighted by Gasteiger charge is -2.58. The van der Waals surface area contributed by atoms with Crippen LogP contribution >= 0.6 is 0 Å². The second kappa shape index (κ2) is 5.80. The van der Waals surface area contributed by atoms with Gasteiger partial charge >= 0.3 is 0 Å². The second-order valence-corrected chi connectivity index (χ2v) is 6.73. The Morgan fingerprint density at radius 3 is 2.77 bits per heavy atom. The first-order chi connectivity index (χ1) is 10.5. The van der Waals surface area contributed by atoms with E-state index >= 15 is 0 Å². The Morgan fingerprint density at radius 2 is 2.09 bits per heavy atom. The van der Waals surface area contributed by atoms with E-state index in [4.69, 9.17) is 20.2 Å². The summed E-state index contributed by atoms with van der Waals surface area (Å²) in [6, 6.07) is 7.88. The van der Waals surface area contributed by atoms with Crippen molar-refractivity contribution in [2.24, 2.45) is 22.1 Å². The predicted molar refractivity (Wildman–Crippen MR) is 88.3 cm³/mol. The number of hydrogen-bond acceptors (Lipinski definition) is 3. The molecule has 1 aromatic rings. The number of nitrogens with zero attached hydrogens (tertiary/aromatic N) is 1. The zero-order chi connectivity index (χ0) is 15.7. The van der Waals surface area contributed by atoms with E-state index in [0.29, 0.717) is 18.0 Å². The van der Waals surface area contributed by atoms with Gasteiger partial charge in [0.05, 0.1) is 19.3 Å². The van der Waals surface area contributed by atoms with E-state index in [9.17, 15) is 0 Å². The third kappa shape index (κ3) is 2.65. The Morgan fingerprint density at radius 1 is 1.36 bits per heavy atom. The monoisotopic (exact) mass is 303 g/mol. The van der Waals surface area contributed by atoms with Gasteiger partial charge in [-0.25, -0.2) is 4.99 Å². The molecule has 1 saturated carbocycles. The second-order valence-electron chi connectivity index (χ2n) is 6.73. The molecule has 5 nitrogen and oxygen atoms in total. The maximum absolute atomic E-state index is 6.10. The molecule has 1 aromatic carbocycles. The highest BCUT2D eigenvalue weighted by atomic mass is 16.5. The van der Waals surface area contributed by atoms with Crippen molar-refractivity contribution in [3.63, 3.8) is 0 Å². The van der Waals surface area contributed by atoms with Gasteiger partial charge in [0, 0.05) is 23.6 Å². The summed E-state index contributed by atoms with van der Waals surface area (Å²) in [5.41, 5.74) is 7.06. The summed E-state index contributed by atoms with van der Waals surface area (Å²) in [5.74, 6) is 1.79. The van der Waals surface area contributed by atoms with E-state index in [1.807, 2.05) is 24.3 Å². The molecule has 0 spiro atoms. The van der Waals surface area contributed by atoms with E-state index in [1.54, 1.807) is 7.11 Å². The first-order valence-electron chi connectivity index (χ1n) is 7.88. The highest BCUT2D eigenvalue weighted by Gasteiger charge is 2.58. The van der Waals surface area contributed by atoms with Gasteiger partial charge in [0.15, 0.2) is 5.96 Å². The molecule has 0 amide bonds. The van der Waals surface area contributed by atoms with Crippen molar-refractivity contribution in [1.82, 2.24) is 0 Å². The standard InChI is InChI=1S/C17H25N3O2/c1-17(2)14(13-5-4-10-22-15(13)17)20-16(18)19-11-6-8-12(21-3)9-7-11/h6-9,13-15H,4-5,10H2,1-3H3,(H3,18,19,20). The van der Waals surface area contributed by atoms with Gasteiger partial charge in [-0.3, -0.25) is 0 Å². The zero-order valence-electron chi connectivity index (χ0n) is 13.5. The molecule has 0 bridgehead atoms. The average Bonchev–Trinajstić information content (AvgIpc) is 2.53. The Bertz CT molecular complexity index is 554. The molecule has 5 heteroatoms.